The highest BCUT2D eigenvalue weighted by molar-refractivity contribution is 5.89. The molecule has 2 atom stereocenters. The van der Waals surface area contributed by atoms with Crippen molar-refractivity contribution in [1.82, 2.24) is 10.2 Å². The number of carbonyl (C=O) groups is 3. The Morgan fingerprint density at radius 3 is 1.97 bits per heavy atom. The molecule has 8 nitrogen and oxygen atoms in total. The van der Waals surface area contributed by atoms with Gasteiger partial charge < -0.3 is 25.8 Å². The van der Waals surface area contributed by atoms with Gasteiger partial charge in [0.25, 0.3) is 0 Å². The number of aliphatic hydroxyl groups is 1. The molecule has 4 N–H and O–H groups in total. The molecule has 1 saturated heterocycles. The van der Waals surface area contributed by atoms with Crippen molar-refractivity contribution >= 4 is 17.9 Å². The maximum Gasteiger partial charge on any atom is 0.408 e. The van der Waals surface area contributed by atoms with Crippen molar-refractivity contribution < 1.29 is 24.2 Å². The lowest BCUT2D eigenvalue weighted by Gasteiger charge is -2.23. The lowest BCUT2D eigenvalue weighted by molar-refractivity contribution is -0.136. The van der Waals surface area contributed by atoms with E-state index in [0.29, 0.717) is 0 Å². The quantitative estimate of drug-likeness (QED) is 0.435. The van der Waals surface area contributed by atoms with E-state index in [1.807, 2.05) is 19.1 Å². The maximum absolute atomic E-state index is 11.9. The molecule has 0 aromatic carbocycles. The van der Waals surface area contributed by atoms with Crippen molar-refractivity contribution in [2.45, 2.75) is 72.6 Å². The number of ether oxygens (including phenoxy) is 1. The van der Waals surface area contributed by atoms with Gasteiger partial charge in [-0.25, -0.2) is 4.79 Å². The molecule has 0 radical (unpaired) electrons. The number of nitrogens with one attached hydrogen (secondary N) is 1. The largest absolute Gasteiger partial charge is 0.444 e. The van der Waals surface area contributed by atoms with Gasteiger partial charge in [0.15, 0.2) is 0 Å². The van der Waals surface area contributed by atoms with Gasteiger partial charge in [-0.2, -0.15) is 0 Å². The zero-order valence-corrected chi connectivity index (χ0v) is 21.2. The summed E-state index contributed by atoms with van der Waals surface area (Å²) in [7, 11) is 0. The maximum atomic E-state index is 11.9. The number of hydrogen-bond donors (Lipinski definition) is 3. The molecule has 1 heterocycles. The van der Waals surface area contributed by atoms with Crippen LogP contribution in [-0.2, 0) is 14.3 Å². The molecular weight excluding hydrogens is 422 g/mol. The van der Waals surface area contributed by atoms with E-state index >= 15 is 0 Å². The number of β-amino-alcohol motifs (C(OH)–C–C–N with tert-alkyl or cyclic N) is 1. The molecule has 1 aliphatic heterocycles. The van der Waals surface area contributed by atoms with E-state index < -0.39 is 35.7 Å². The average molecular weight is 466 g/mol. The van der Waals surface area contributed by atoms with Crippen molar-refractivity contribution in [2.75, 3.05) is 13.1 Å². The predicted octanol–water partition coefficient (Wildman–Crippen LogP) is 2.87. The van der Waals surface area contributed by atoms with Crippen molar-refractivity contribution in [3.63, 3.8) is 0 Å². The topological polar surface area (TPSA) is 122 Å². The summed E-state index contributed by atoms with van der Waals surface area (Å²) in [6.07, 6.45) is 20.2. The van der Waals surface area contributed by atoms with Gasteiger partial charge in [0.1, 0.15) is 18.2 Å². The first-order chi connectivity index (χ1) is 15.2. The van der Waals surface area contributed by atoms with E-state index in [0.717, 1.165) is 5.92 Å². The van der Waals surface area contributed by atoms with Gasteiger partial charge in [-0.1, -0.05) is 45.6 Å². The van der Waals surface area contributed by atoms with Crippen LogP contribution in [0.4, 0.5) is 4.79 Å². The van der Waals surface area contributed by atoms with Gasteiger partial charge in [0.05, 0.1) is 6.10 Å². The fourth-order valence-corrected chi connectivity index (χ4v) is 2.06. The first kappa shape index (κ1) is 37.1. The van der Waals surface area contributed by atoms with E-state index in [1.54, 1.807) is 26.8 Å². The zero-order chi connectivity index (χ0) is 27.2. The molecule has 1 fully saturated rings. The Morgan fingerprint density at radius 1 is 1.21 bits per heavy atom. The van der Waals surface area contributed by atoms with Crippen molar-refractivity contribution in [3.8, 4) is 25.7 Å². The summed E-state index contributed by atoms with van der Waals surface area (Å²) in [5.41, 5.74) is 4.51. The van der Waals surface area contributed by atoms with Crippen molar-refractivity contribution in [2.24, 2.45) is 11.7 Å². The number of terminal acetylenes is 2. The number of carbonyl (C=O) groups excluding carboxylic acids is 3. The molecule has 3 amide bonds. The molecule has 0 aliphatic carbocycles. The number of amides is 3. The number of primary amides is 1. The Kier molecular flexibility index (Phi) is 24.7. The van der Waals surface area contributed by atoms with Crippen LogP contribution in [0.2, 0.25) is 0 Å². The third kappa shape index (κ3) is 24.9. The molecule has 0 unspecified atom stereocenters. The van der Waals surface area contributed by atoms with Crippen LogP contribution >= 0.6 is 0 Å². The van der Waals surface area contributed by atoms with Gasteiger partial charge >= 0.3 is 6.09 Å². The molecule has 0 spiro atoms. The minimum absolute atomic E-state index is 0.0302. The number of likely N-dealkylation sites (tertiary alicyclic amines) is 1. The second kappa shape index (κ2) is 22.0. The van der Waals surface area contributed by atoms with Crippen LogP contribution in [0.3, 0.4) is 0 Å². The summed E-state index contributed by atoms with van der Waals surface area (Å²) in [4.78, 5) is 35.7. The van der Waals surface area contributed by atoms with Crippen LogP contribution in [0.15, 0.2) is 24.8 Å². The predicted molar refractivity (Wildman–Crippen MR) is 135 cm³/mol. The molecule has 0 aromatic heterocycles. The normalized spacial score (nSPS) is 16.2. The lowest BCUT2D eigenvalue weighted by atomic mass is 10.2. The fraction of sp³-hybridized carbons (Fsp3) is 0.560. The van der Waals surface area contributed by atoms with Crippen LogP contribution in [-0.4, -0.2) is 58.8 Å². The van der Waals surface area contributed by atoms with Crippen LogP contribution in [0, 0.1) is 31.6 Å². The Bertz CT molecular complexity index is 622. The summed E-state index contributed by atoms with van der Waals surface area (Å²) >= 11 is 0. The Hall–Kier alpha value is -3.23. The Labute approximate surface area is 200 Å². The molecule has 188 valence electrons. The third-order valence-corrected chi connectivity index (χ3v) is 3.04. The van der Waals surface area contributed by atoms with E-state index in [9.17, 15) is 19.5 Å². The van der Waals surface area contributed by atoms with E-state index in [4.69, 9.17) is 10.5 Å². The number of aliphatic hydroxyl groups excluding tert-OH is 1. The lowest BCUT2D eigenvalue weighted by Crippen LogP contribution is -2.48. The smallest absolute Gasteiger partial charge is 0.408 e. The van der Waals surface area contributed by atoms with Crippen LogP contribution in [0.5, 0.6) is 0 Å². The molecule has 33 heavy (non-hydrogen) atoms. The number of allylic oxidation sites excluding steroid dienone is 3. The van der Waals surface area contributed by atoms with Crippen molar-refractivity contribution in [3.05, 3.63) is 24.8 Å². The molecular formula is C25H43N3O5. The second-order valence-corrected chi connectivity index (χ2v) is 8.20. The fourth-order valence-electron chi connectivity index (χ4n) is 2.06. The first-order valence-electron chi connectivity index (χ1n) is 10.4. The van der Waals surface area contributed by atoms with E-state index in [1.165, 1.54) is 4.90 Å². The molecule has 0 bridgehead atoms. The van der Waals surface area contributed by atoms with Gasteiger partial charge in [-0.05, 0) is 33.6 Å². The Balaban J connectivity index is -0.000000268. The monoisotopic (exact) mass is 465 g/mol. The van der Waals surface area contributed by atoms with Gasteiger partial charge in [-0.3, -0.25) is 9.59 Å². The van der Waals surface area contributed by atoms with Gasteiger partial charge in [0, 0.05) is 13.0 Å². The van der Waals surface area contributed by atoms with Gasteiger partial charge in [-0.15, -0.1) is 25.7 Å². The molecule has 0 saturated carbocycles. The molecule has 1 aliphatic rings. The summed E-state index contributed by atoms with van der Waals surface area (Å²) in [5.74, 6) is -0.330. The zero-order valence-electron chi connectivity index (χ0n) is 21.2. The third-order valence-electron chi connectivity index (χ3n) is 3.04. The van der Waals surface area contributed by atoms with Crippen molar-refractivity contribution in [1.29, 1.82) is 0 Å². The summed E-state index contributed by atoms with van der Waals surface area (Å²) in [5, 5.41) is 11.8. The first-order valence-corrected chi connectivity index (χ1v) is 10.4. The number of alkyl carbamates (subject to hydrolysis) is 1. The van der Waals surface area contributed by atoms with Gasteiger partial charge in [0.2, 0.25) is 11.8 Å². The van der Waals surface area contributed by atoms with Crippen LogP contribution in [0.25, 0.3) is 0 Å². The second-order valence-electron chi connectivity index (χ2n) is 8.20. The number of rotatable bonds is 4. The standard InChI is InChI=1S/C12H21N3O5.C5H8.C4H10.2C2H2/c1-12(2,3)20-11(19)14-5-9(17)15-6-7(16)4-8(15)10(13)18;1-3-5-4-2;1-4(2)3;2*1-2/h7-8,16H,4-6H2,1-3H3,(H2,13,18)(H,14,19);3-5H,1H2,2H3;4H,1-3H3;2*1-2H/b;5-4-;;;/t7-,8-;;;;/m0..../s1. The molecule has 8 heteroatoms. The summed E-state index contributed by atoms with van der Waals surface area (Å²) in [6.45, 7) is 16.7. The highest BCUT2D eigenvalue weighted by Crippen LogP contribution is 2.17. The molecule has 1 rings (SSSR count). The summed E-state index contributed by atoms with van der Waals surface area (Å²) in [6, 6.07) is -0.835. The highest BCUT2D eigenvalue weighted by atomic mass is 16.6. The minimum Gasteiger partial charge on any atom is -0.444 e. The summed E-state index contributed by atoms with van der Waals surface area (Å²) < 4.78 is 4.98. The Morgan fingerprint density at radius 2 is 1.67 bits per heavy atom. The SMILES string of the molecule is C#C.C#C.C=C/C=C\C.CC(C)(C)OC(=O)NCC(=O)N1C[C@@H](O)C[C@H]1C(N)=O.CC(C)C. The van der Waals surface area contributed by atoms with E-state index in [-0.39, 0.29) is 19.5 Å². The van der Waals surface area contributed by atoms with E-state index in [2.05, 4.69) is 58.4 Å². The van der Waals surface area contributed by atoms with Crippen LogP contribution in [0.1, 0.15) is 54.9 Å². The molecule has 0 aromatic rings. The highest BCUT2D eigenvalue weighted by Gasteiger charge is 2.37. The minimum atomic E-state index is -0.835. The average Bonchev–Trinajstić information content (AvgIpc) is 3.11. The number of hydrogen-bond acceptors (Lipinski definition) is 5. The number of nitrogens with two attached hydrogens (primary N) is 1. The number of nitrogens with zero attached hydrogens (tertiary/aromatic N) is 1. The van der Waals surface area contributed by atoms with Crippen LogP contribution < -0.4 is 11.1 Å².